The second-order valence-electron chi connectivity index (χ2n) is 18.0. The molecule has 2 aliphatic carbocycles. The van der Waals surface area contributed by atoms with Crippen LogP contribution < -0.4 is 5.32 Å². The zero-order valence-electron chi connectivity index (χ0n) is 34.2. The minimum Gasteiger partial charge on any atom is -0.460 e. The molecule has 6 aliphatic rings. The van der Waals surface area contributed by atoms with E-state index in [2.05, 4.69) is 94.9 Å². The Bertz CT molecular complexity index is 1690. The van der Waals surface area contributed by atoms with Gasteiger partial charge in [-0.25, -0.2) is 4.79 Å². The zero-order valence-corrected chi connectivity index (χ0v) is 37.4. The van der Waals surface area contributed by atoms with Gasteiger partial charge >= 0.3 is 11.9 Å². The summed E-state index contributed by atoms with van der Waals surface area (Å²) in [6.45, 7) is 23.1. The number of carbonyl (C=O) groups is 2. The molecule has 0 atom stereocenters. The molecule has 8 rings (SSSR count). The molecule has 2 spiro atoms. The third kappa shape index (κ3) is 13.3. The second-order valence-corrected chi connectivity index (χ2v) is 19.8. The summed E-state index contributed by atoms with van der Waals surface area (Å²) in [4.78, 5) is 31.8. The molecule has 302 valence electrons. The van der Waals surface area contributed by atoms with Gasteiger partial charge in [-0.3, -0.25) is 14.7 Å². The van der Waals surface area contributed by atoms with E-state index in [4.69, 9.17) is 9.47 Å². The number of esters is 2. The number of hydrogen-bond donors (Lipinski definition) is 1. The van der Waals surface area contributed by atoms with Gasteiger partial charge in [-0.2, -0.15) is 0 Å². The van der Waals surface area contributed by atoms with Crippen LogP contribution in [0.15, 0.2) is 63.0 Å². The molecule has 0 bridgehead atoms. The standard InChI is InChI=1S/C18H24BrNO2.C11H12BrN.C9H16N2.C7H12O2/c1-17(2,3)22-16(21)6-9-20-11-13-4-5-14(19)10-15(13)18(12-20)7-8-18;12-9-2-1-8-6-13-7-11(3-4-11)10(8)5-9;1-2-5-9-10-6-4-8-11(9)7-3-1;1-5-6(8)9-7(2,3)4/h4-5,10H,6-9,11-12H2,1-3H3;1-2,5,13H,3-4,6-7H2;1-8H2;5H,1H2,2-4H3. The first-order valence-electron chi connectivity index (χ1n) is 20.4. The number of aliphatic imine (C=N–C) groups is 1. The van der Waals surface area contributed by atoms with Crippen molar-refractivity contribution in [2.24, 2.45) is 4.99 Å². The number of halogens is 2. The lowest BCUT2D eigenvalue weighted by Gasteiger charge is -2.35. The monoisotopic (exact) mass is 882 g/mol. The van der Waals surface area contributed by atoms with Crippen molar-refractivity contribution in [1.29, 1.82) is 0 Å². The summed E-state index contributed by atoms with van der Waals surface area (Å²) in [5.74, 6) is 0.926. The molecule has 1 saturated heterocycles. The largest absolute Gasteiger partial charge is 0.460 e. The second kappa shape index (κ2) is 18.8. The summed E-state index contributed by atoms with van der Waals surface area (Å²) in [6, 6.07) is 13.3. The van der Waals surface area contributed by atoms with E-state index in [9.17, 15) is 9.59 Å². The first kappa shape index (κ1) is 43.6. The lowest BCUT2D eigenvalue weighted by Crippen LogP contribution is -2.39. The van der Waals surface area contributed by atoms with E-state index in [1.807, 2.05) is 41.5 Å². The van der Waals surface area contributed by atoms with Crippen molar-refractivity contribution >= 4 is 49.6 Å². The van der Waals surface area contributed by atoms with Gasteiger partial charge in [0.25, 0.3) is 0 Å². The van der Waals surface area contributed by atoms with E-state index in [1.54, 1.807) is 5.56 Å². The van der Waals surface area contributed by atoms with E-state index in [0.29, 0.717) is 17.3 Å². The number of nitrogens with zero attached hydrogens (tertiary/aromatic N) is 3. The summed E-state index contributed by atoms with van der Waals surface area (Å²) in [5.41, 5.74) is 6.06. The summed E-state index contributed by atoms with van der Waals surface area (Å²) in [6.07, 6.45) is 13.5. The third-order valence-electron chi connectivity index (χ3n) is 10.9. The molecule has 0 radical (unpaired) electrons. The Morgan fingerprint density at radius 3 is 2.07 bits per heavy atom. The Kier molecular flexibility index (Phi) is 14.9. The van der Waals surface area contributed by atoms with E-state index in [1.165, 1.54) is 109 Å². The molecule has 4 heterocycles. The van der Waals surface area contributed by atoms with Gasteiger partial charge in [-0.15, -0.1) is 0 Å². The maximum atomic E-state index is 11.9. The first-order valence-corrected chi connectivity index (χ1v) is 21.9. The van der Waals surface area contributed by atoms with Crippen molar-refractivity contribution in [3.05, 3.63) is 80.3 Å². The number of nitrogens with one attached hydrogen (secondary N) is 1. The van der Waals surface area contributed by atoms with E-state index < -0.39 is 11.2 Å². The lowest BCUT2D eigenvalue weighted by molar-refractivity contribution is -0.155. The summed E-state index contributed by atoms with van der Waals surface area (Å²) in [7, 11) is 0. The quantitative estimate of drug-likeness (QED) is 0.242. The fraction of sp³-hybridized carbons (Fsp3) is 0.622. The maximum absolute atomic E-state index is 11.9. The molecule has 2 saturated carbocycles. The molecule has 0 aromatic heterocycles. The molecule has 3 fully saturated rings. The van der Waals surface area contributed by atoms with Crippen LogP contribution in [0.1, 0.15) is 128 Å². The molecular formula is C45H64Br2N4O4. The van der Waals surface area contributed by atoms with Gasteiger partial charge in [0.05, 0.1) is 12.3 Å². The molecule has 4 aliphatic heterocycles. The molecule has 2 aromatic rings. The van der Waals surface area contributed by atoms with E-state index in [-0.39, 0.29) is 11.9 Å². The van der Waals surface area contributed by atoms with Crippen LogP contribution in [0.25, 0.3) is 0 Å². The number of amidine groups is 1. The predicted molar refractivity (Wildman–Crippen MR) is 231 cm³/mol. The van der Waals surface area contributed by atoms with E-state index in [0.717, 1.165) is 38.8 Å². The van der Waals surface area contributed by atoms with Crippen LogP contribution in [0.2, 0.25) is 0 Å². The van der Waals surface area contributed by atoms with Crippen LogP contribution in [0.3, 0.4) is 0 Å². The van der Waals surface area contributed by atoms with Crippen LogP contribution in [-0.4, -0.2) is 78.0 Å². The van der Waals surface area contributed by atoms with Crippen LogP contribution in [0.4, 0.5) is 0 Å². The lowest BCUT2D eigenvalue weighted by atomic mass is 9.87. The number of fused-ring (bicyclic) bond motifs is 5. The molecule has 8 nitrogen and oxygen atoms in total. The third-order valence-corrected chi connectivity index (χ3v) is 11.9. The topological polar surface area (TPSA) is 83.5 Å². The van der Waals surface area contributed by atoms with E-state index >= 15 is 0 Å². The Labute approximate surface area is 347 Å². The number of rotatable bonds is 4. The Hall–Kier alpha value is -2.53. The predicted octanol–water partition coefficient (Wildman–Crippen LogP) is 9.79. The molecule has 0 unspecified atom stereocenters. The van der Waals surface area contributed by atoms with Crippen LogP contribution in [0.5, 0.6) is 0 Å². The number of carbonyl (C=O) groups excluding carboxylic acids is 2. The summed E-state index contributed by atoms with van der Waals surface area (Å²) >= 11 is 7.14. The van der Waals surface area contributed by atoms with Gasteiger partial charge in [0.1, 0.15) is 11.2 Å². The van der Waals surface area contributed by atoms with Crippen LogP contribution in [-0.2, 0) is 43.0 Å². The highest BCUT2D eigenvalue weighted by Gasteiger charge is 2.49. The van der Waals surface area contributed by atoms with Gasteiger partial charge in [0.15, 0.2) is 0 Å². The molecule has 10 heteroatoms. The van der Waals surface area contributed by atoms with Crippen LogP contribution >= 0.6 is 31.9 Å². The summed E-state index contributed by atoms with van der Waals surface area (Å²) in [5, 5.41) is 3.50. The Balaban J connectivity index is 0.000000151. The summed E-state index contributed by atoms with van der Waals surface area (Å²) < 4.78 is 12.6. The van der Waals surface area contributed by atoms with Crippen molar-refractivity contribution in [1.82, 2.24) is 15.1 Å². The first-order chi connectivity index (χ1) is 26.0. The number of hydrogen-bond acceptors (Lipinski definition) is 8. The molecule has 1 N–H and O–H groups in total. The minimum absolute atomic E-state index is 0.0982. The number of ether oxygens (including phenoxy) is 2. The SMILES string of the molecule is Brc1ccc2c(c1)C1(CC1)CNC2.C1CCC2=NCCCN2CC1.C=CC(=O)OC(C)(C)C.CC(C)(C)OC(=O)CCN1Cc2ccc(Br)cc2C2(CC2)C1. The van der Waals surface area contributed by atoms with Crippen molar-refractivity contribution in [2.45, 2.75) is 141 Å². The fourth-order valence-corrected chi connectivity index (χ4v) is 8.70. The maximum Gasteiger partial charge on any atom is 0.330 e. The average Bonchev–Trinajstić information content (AvgIpc) is 4.06. The highest BCUT2D eigenvalue weighted by Crippen LogP contribution is 2.53. The van der Waals surface area contributed by atoms with Crippen molar-refractivity contribution in [3.8, 4) is 0 Å². The zero-order chi connectivity index (χ0) is 39.9. The fourth-order valence-electron chi connectivity index (χ4n) is 7.98. The highest BCUT2D eigenvalue weighted by molar-refractivity contribution is 9.10. The van der Waals surface area contributed by atoms with Gasteiger partial charge in [-0.05, 0) is 133 Å². The smallest absolute Gasteiger partial charge is 0.330 e. The average molecular weight is 885 g/mol. The van der Waals surface area contributed by atoms with Crippen molar-refractivity contribution in [3.63, 3.8) is 0 Å². The molecule has 0 amide bonds. The Morgan fingerprint density at radius 1 is 0.855 bits per heavy atom. The van der Waals surface area contributed by atoms with Gasteiger partial charge in [0, 0.05) is 84.6 Å². The van der Waals surface area contributed by atoms with Crippen molar-refractivity contribution in [2.75, 3.05) is 39.3 Å². The molecule has 55 heavy (non-hydrogen) atoms. The number of benzene rings is 2. The van der Waals surface area contributed by atoms with Crippen molar-refractivity contribution < 1.29 is 19.1 Å². The van der Waals surface area contributed by atoms with Crippen LogP contribution in [0, 0.1) is 0 Å². The van der Waals surface area contributed by atoms with Gasteiger partial charge in [-0.1, -0.05) is 57.0 Å². The molecule has 2 aromatic carbocycles. The Morgan fingerprint density at radius 2 is 1.47 bits per heavy atom. The highest BCUT2D eigenvalue weighted by atomic mass is 79.9. The molecular weight excluding hydrogens is 820 g/mol. The minimum atomic E-state index is -0.398. The van der Waals surface area contributed by atoms with Gasteiger partial charge in [0.2, 0.25) is 0 Å². The van der Waals surface area contributed by atoms with Gasteiger partial charge < -0.3 is 19.7 Å². The normalized spacial score (nSPS) is 20.1.